The van der Waals surface area contributed by atoms with E-state index in [9.17, 15) is 8.78 Å². The van der Waals surface area contributed by atoms with Gasteiger partial charge in [-0.1, -0.05) is 24.3 Å². The Bertz CT molecular complexity index is 511. The number of halogens is 2. The standard InChI is InChI=1S/C12H12F2N2S/c1-2-5-15-12-16-7-11(17-12)8-3-4-9(13)10(14)6-8/h3-4,6-7H,2,5H2,1H3,(H,15,16). The number of thiazole rings is 1. The lowest BCUT2D eigenvalue weighted by Crippen LogP contribution is -1.97. The highest BCUT2D eigenvalue weighted by molar-refractivity contribution is 7.18. The minimum Gasteiger partial charge on any atom is -0.362 e. The van der Waals surface area contributed by atoms with Crippen LogP contribution in [0.1, 0.15) is 13.3 Å². The fraction of sp³-hybridized carbons (Fsp3) is 0.250. The van der Waals surface area contributed by atoms with Crippen LogP contribution < -0.4 is 5.32 Å². The molecule has 0 aliphatic carbocycles. The van der Waals surface area contributed by atoms with Crippen molar-refractivity contribution < 1.29 is 8.78 Å². The third kappa shape index (κ3) is 2.79. The predicted octanol–water partition coefficient (Wildman–Crippen LogP) is 3.91. The number of benzene rings is 1. The first-order valence-corrected chi connectivity index (χ1v) is 6.17. The number of anilines is 1. The number of nitrogens with one attached hydrogen (secondary N) is 1. The van der Waals surface area contributed by atoms with E-state index in [4.69, 9.17) is 0 Å². The van der Waals surface area contributed by atoms with Crippen molar-refractivity contribution in [1.29, 1.82) is 0 Å². The van der Waals surface area contributed by atoms with Crippen molar-refractivity contribution in [2.24, 2.45) is 0 Å². The summed E-state index contributed by atoms with van der Waals surface area (Å²) < 4.78 is 25.9. The second kappa shape index (κ2) is 5.23. The van der Waals surface area contributed by atoms with Crippen molar-refractivity contribution in [2.45, 2.75) is 13.3 Å². The Hall–Kier alpha value is -1.49. The van der Waals surface area contributed by atoms with Crippen molar-refractivity contribution in [2.75, 3.05) is 11.9 Å². The number of rotatable bonds is 4. The summed E-state index contributed by atoms with van der Waals surface area (Å²) in [5, 5.41) is 3.95. The number of aromatic nitrogens is 1. The Morgan fingerprint density at radius 2 is 2.12 bits per heavy atom. The second-order valence-corrected chi connectivity index (χ2v) is 4.62. The fourth-order valence-corrected chi connectivity index (χ4v) is 2.21. The Morgan fingerprint density at radius 1 is 1.29 bits per heavy atom. The lowest BCUT2D eigenvalue weighted by atomic mass is 10.2. The van der Waals surface area contributed by atoms with Crippen LogP contribution in [-0.4, -0.2) is 11.5 Å². The molecule has 0 saturated carbocycles. The fourth-order valence-electron chi connectivity index (χ4n) is 1.37. The van der Waals surface area contributed by atoms with Crippen LogP contribution in [0.2, 0.25) is 0 Å². The van der Waals surface area contributed by atoms with Gasteiger partial charge in [-0.05, 0) is 24.1 Å². The smallest absolute Gasteiger partial charge is 0.183 e. The first-order valence-electron chi connectivity index (χ1n) is 5.36. The number of hydrogen-bond acceptors (Lipinski definition) is 3. The summed E-state index contributed by atoms with van der Waals surface area (Å²) in [6, 6.07) is 3.87. The van der Waals surface area contributed by atoms with Crippen LogP contribution in [-0.2, 0) is 0 Å². The van der Waals surface area contributed by atoms with E-state index in [0.717, 1.165) is 29.0 Å². The van der Waals surface area contributed by atoms with Crippen molar-refractivity contribution in [1.82, 2.24) is 4.98 Å². The quantitative estimate of drug-likeness (QED) is 0.894. The molecular weight excluding hydrogens is 242 g/mol. The summed E-state index contributed by atoms with van der Waals surface area (Å²) in [5.41, 5.74) is 0.644. The van der Waals surface area contributed by atoms with Gasteiger partial charge in [0.2, 0.25) is 0 Å². The van der Waals surface area contributed by atoms with Gasteiger partial charge in [-0.15, -0.1) is 0 Å². The number of hydrogen-bond donors (Lipinski definition) is 1. The van der Waals surface area contributed by atoms with Crippen LogP contribution in [0.5, 0.6) is 0 Å². The van der Waals surface area contributed by atoms with Gasteiger partial charge in [-0.25, -0.2) is 13.8 Å². The Morgan fingerprint density at radius 3 is 2.82 bits per heavy atom. The van der Waals surface area contributed by atoms with Crippen LogP contribution >= 0.6 is 11.3 Å². The molecule has 5 heteroatoms. The zero-order chi connectivity index (χ0) is 12.3. The molecule has 0 radical (unpaired) electrons. The van der Waals surface area contributed by atoms with Gasteiger partial charge in [0, 0.05) is 12.7 Å². The Balaban J connectivity index is 2.21. The first kappa shape index (κ1) is 12.0. The molecule has 2 rings (SSSR count). The molecule has 1 aromatic heterocycles. The van der Waals surface area contributed by atoms with Crippen molar-refractivity contribution in [3.63, 3.8) is 0 Å². The van der Waals surface area contributed by atoms with Crippen LogP contribution in [0.4, 0.5) is 13.9 Å². The van der Waals surface area contributed by atoms with Gasteiger partial charge in [0.1, 0.15) is 0 Å². The molecule has 0 atom stereocenters. The molecule has 0 saturated heterocycles. The van der Waals surface area contributed by atoms with E-state index in [2.05, 4.69) is 17.2 Å². The molecule has 2 nitrogen and oxygen atoms in total. The molecule has 0 aliphatic heterocycles. The van der Waals surface area contributed by atoms with E-state index in [-0.39, 0.29) is 0 Å². The van der Waals surface area contributed by atoms with Gasteiger partial charge < -0.3 is 5.32 Å². The van der Waals surface area contributed by atoms with Gasteiger partial charge in [0.05, 0.1) is 4.88 Å². The van der Waals surface area contributed by atoms with E-state index >= 15 is 0 Å². The van der Waals surface area contributed by atoms with Gasteiger partial charge in [0.15, 0.2) is 16.8 Å². The molecule has 0 aliphatic rings. The molecule has 1 N–H and O–H groups in total. The molecular formula is C12H12F2N2S. The van der Waals surface area contributed by atoms with E-state index in [0.29, 0.717) is 5.56 Å². The minimum absolute atomic E-state index is 0.644. The zero-order valence-electron chi connectivity index (χ0n) is 9.34. The van der Waals surface area contributed by atoms with Crippen molar-refractivity contribution in [3.05, 3.63) is 36.0 Å². The molecule has 17 heavy (non-hydrogen) atoms. The van der Waals surface area contributed by atoms with E-state index in [1.54, 1.807) is 12.3 Å². The largest absolute Gasteiger partial charge is 0.362 e. The van der Waals surface area contributed by atoms with E-state index < -0.39 is 11.6 Å². The summed E-state index contributed by atoms with van der Waals surface area (Å²) in [5.74, 6) is -1.67. The van der Waals surface area contributed by atoms with Crippen LogP contribution in [0, 0.1) is 11.6 Å². The van der Waals surface area contributed by atoms with Crippen molar-refractivity contribution >= 4 is 16.5 Å². The van der Waals surface area contributed by atoms with Crippen LogP contribution in [0.25, 0.3) is 10.4 Å². The highest BCUT2D eigenvalue weighted by atomic mass is 32.1. The van der Waals surface area contributed by atoms with Gasteiger partial charge in [0.25, 0.3) is 0 Å². The topological polar surface area (TPSA) is 24.9 Å². The predicted molar refractivity (Wildman–Crippen MR) is 66.2 cm³/mol. The highest BCUT2D eigenvalue weighted by Crippen LogP contribution is 2.29. The minimum atomic E-state index is -0.834. The molecule has 0 spiro atoms. The average molecular weight is 254 g/mol. The molecule has 2 aromatic rings. The lowest BCUT2D eigenvalue weighted by Gasteiger charge is -1.98. The molecule has 1 aromatic carbocycles. The van der Waals surface area contributed by atoms with E-state index in [1.807, 2.05) is 0 Å². The zero-order valence-corrected chi connectivity index (χ0v) is 10.2. The van der Waals surface area contributed by atoms with Gasteiger partial charge in [-0.2, -0.15) is 0 Å². The molecule has 0 amide bonds. The number of nitrogens with zero attached hydrogens (tertiary/aromatic N) is 1. The van der Waals surface area contributed by atoms with E-state index in [1.165, 1.54) is 17.4 Å². The van der Waals surface area contributed by atoms with Crippen molar-refractivity contribution in [3.8, 4) is 10.4 Å². The Labute approximate surface area is 102 Å². The second-order valence-electron chi connectivity index (χ2n) is 3.59. The normalized spacial score (nSPS) is 10.5. The van der Waals surface area contributed by atoms with Crippen LogP contribution in [0.3, 0.4) is 0 Å². The highest BCUT2D eigenvalue weighted by Gasteiger charge is 2.07. The maximum Gasteiger partial charge on any atom is 0.183 e. The summed E-state index contributed by atoms with van der Waals surface area (Å²) in [4.78, 5) is 5.00. The van der Waals surface area contributed by atoms with Gasteiger partial charge in [-0.3, -0.25) is 0 Å². The maximum absolute atomic E-state index is 13.1. The maximum atomic E-state index is 13.1. The SMILES string of the molecule is CCCNc1ncc(-c2ccc(F)c(F)c2)s1. The summed E-state index contributed by atoms with van der Waals surface area (Å²) in [7, 11) is 0. The lowest BCUT2D eigenvalue weighted by molar-refractivity contribution is 0.509. The monoisotopic (exact) mass is 254 g/mol. The summed E-state index contributed by atoms with van der Waals surface area (Å²) in [6.45, 7) is 2.92. The van der Waals surface area contributed by atoms with Gasteiger partial charge >= 0.3 is 0 Å². The molecule has 90 valence electrons. The summed E-state index contributed by atoms with van der Waals surface area (Å²) in [6.07, 6.45) is 2.68. The average Bonchev–Trinajstić information content (AvgIpc) is 2.79. The molecule has 0 bridgehead atoms. The first-order chi connectivity index (χ1) is 8.20. The van der Waals surface area contributed by atoms with Crippen LogP contribution in [0.15, 0.2) is 24.4 Å². The molecule has 0 unspecified atom stereocenters. The summed E-state index contributed by atoms with van der Waals surface area (Å²) >= 11 is 1.43. The molecule has 0 fully saturated rings. The Kier molecular flexibility index (Phi) is 3.68. The molecule has 1 heterocycles. The third-order valence-electron chi connectivity index (χ3n) is 2.24. The third-order valence-corrected chi connectivity index (χ3v) is 3.24.